The number of piperidine rings is 1. The standard InChI is InChI=1S/C11H14N6OS/c12-6-8-10(17-4-2-1-3-5-17)18-9(15-8)7-14-16-11(13)19/h7H,1-5H2,(H3,13,16,19). The van der Waals surface area contributed by atoms with Crippen molar-refractivity contribution in [3.63, 3.8) is 0 Å². The fourth-order valence-electron chi connectivity index (χ4n) is 1.92. The lowest BCUT2D eigenvalue weighted by atomic mass is 10.1. The van der Waals surface area contributed by atoms with Crippen molar-refractivity contribution in [2.24, 2.45) is 10.8 Å². The van der Waals surface area contributed by atoms with Gasteiger partial charge in [0.25, 0.3) is 0 Å². The molecule has 1 aliphatic heterocycles. The predicted molar refractivity (Wildman–Crippen MR) is 74.8 cm³/mol. The van der Waals surface area contributed by atoms with Gasteiger partial charge in [0.05, 0.1) is 0 Å². The Balaban J connectivity index is 2.15. The topological polar surface area (TPSA) is 103 Å². The van der Waals surface area contributed by atoms with Gasteiger partial charge in [-0.25, -0.2) is 0 Å². The summed E-state index contributed by atoms with van der Waals surface area (Å²) in [5.41, 5.74) is 7.91. The van der Waals surface area contributed by atoms with E-state index in [4.69, 9.17) is 15.4 Å². The largest absolute Gasteiger partial charge is 0.418 e. The van der Waals surface area contributed by atoms with Crippen LogP contribution in [0, 0.1) is 11.3 Å². The summed E-state index contributed by atoms with van der Waals surface area (Å²) in [5, 5.41) is 12.9. The lowest BCUT2D eigenvalue weighted by molar-refractivity contribution is 0.493. The van der Waals surface area contributed by atoms with E-state index in [9.17, 15) is 0 Å². The van der Waals surface area contributed by atoms with Gasteiger partial charge in [0.15, 0.2) is 5.11 Å². The second-order valence-corrected chi connectivity index (χ2v) is 4.54. The van der Waals surface area contributed by atoms with Crippen molar-refractivity contribution < 1.29 is 4.42 Å². The summed E-state index contributed by atoms with van der Waals surface area (Å²) in [6.07, 6.45) is 4.74. The molecule has 2 heterocycles. The zero-order valence-corrected chi connectivity index (χ0v) is 11.1. The minimum absolute atomic E-state index is 0.0552. The summed E-state index contributed by atoms with van der Waals surface area (Å²) in [4.78, 5) is 6.09. The van der Waals surface area contributed by atoms with Gasteiger partial charge >= 0.3 is 0 Å². The van der Waals surface area contributed by atoms with Gasteiger partial charge in [0.2, 0.25) is 17.5 Å². The zero-order chi connectivity index (χ0) is 13.7. The molecule has 8 heteroatoms. The van der Waals surface area contributed by atoms with Crippen LogP contribution in [0.1, 0.15) is 30.8 Å². The molecule has 0 atom stereocenters. The van der Waals surface area contributed by atoms with E-state index >= 15 is 0 Å². The van der Waals surface area contributed by atoms with Crippen LogP contribution in [-0.2, 0) is 0 Å². The molecular weight excluding hydrogens is 264 g/mol. The number of thiocarbonyl (C=S) groups is 1. The van der Waals surface area contributed by atoms with Gasteiger partial charge in [-0.2, -0.15) is 15.3 Å². The summed E-state index contributed by atoms with van der Waals surface area (Å²) in [6.45, 7) is 1.76. The van der Waals surface area contributed by atoms with Crippen LogP contribution in [0.25, 0.3) is 0 Å². The minimum atomic E-state index is 0.0552. The van der Waals surface area contributed by atoms with E-state index in [1.165, 1.54) is 12.6 Å². The average Bonchev–Trinajstić information content (AvgIpc) is 2.82. The molecule has 19 heavy (non-hydrogen) atoms. The Morgan fingerprint density at radius 3 is 2.89 bits per heavy atom. The number of aromatic nitrogens is 1. The average molecular weight is 278 g/mol. The Bertz CT molecular complexity index is 526. The molecule has 0 saturated carbocycles. The highest BCUT2D eigenvalue weighted by molar-refractivity contribution is 7.80. The third-order valence-electron chi connectivity index (χ3n) is 2.72. The monoisotopic (exact) mass is 278 g/mol. The highest BCUT2D eigenvalue weighted by Gasteiger charge is 2.20. The molecule has 1 aliphatic rings. The Labute approximate surface area is 116 Å². The van der Waals surface area contributed by atoms with Gasteiger partial charge in [-0.15, -0.1) is 0 Å². The van der Waals surface area contributed by atoms with Gasteiger partial charge in [-0.05, 0) is 31.5 Å². The van der Waals surface area contributed by atoms with E-state index in [1.54, 1.807) is 0 Å². The molecule has 1 saturated heterocycles. The van der Waals surface area contributed by atoms with E-state index in [1.807, 2.05) is 11.0 Å². The molecule has 0 amide bonds. The van der Waals surface area contributed by atoms with Gasteiger partial charge in [0.1, 0.15) is 12.3 Å². The molecule has 7 nitrogen and oxygen atoms in total. The number of hydrazone groups is 1. The van der Waals surface area contributed by atoms with Gasteiger partial charge in [-0.3, -0.25) is 5.43 Å². The van der Waals surface area contributed by atoms with Crippen LogP contribution in [0.3, 0.4) is 0 Å². The number of oxazole rings is 1. The number of rotatable bonds is 3. The highest BCUT2D eigenvalue weighted by atomic mass is 32.1. The van der Waals surface area contributed by atoms with Crippen molar-refractivity contribution in [2.45, 2.75) is 19.3 Å². The maximum Gasteiger partial charge on any atom is 0.243 e. The first-order valence-electron chi connectivity index (χ1n) is 5.95. The molecule has 0 radical (unpaired) electrons. The second-order valence-electron chi connectivity index (χ2n) is 4.10. The molecule has 1 aromatic heterocycles. The van der Waals surface area contributed by atoms with Crippen molar-refractivity contribution in [2.75, 3.05) is 18.0 Å². The van der Waals surface area contributed by atoms with Crippen molar-refractivity contribution in [1.29, 1.82) is 5.26 Å². The number of nitrogens with zero attached hydrogens (tertiary/aromatic N) is 4. The van der Waals surface area contributed by atoms with Crippen LogP contribution in [0.5, 0.6) is 0 Å². The maximum atomic E-state index is 9.08. The lowest BCUT2D eigenvalue weighted by Crippen LogP contribution is -2.29. The molecule has 0 unspecified atom stereocenters. The summed E-state index contributed by atoms with van der Waals surface area (Å²) < 4.78 is 5.55. The van der Waals surface area contributed by atoms with E-state index < -0.39 is 0 Å². The number of nitriles is 1. The first-order chi connectivity index (χ1) is 9.20. The van der Waals surface area contributed by atoms with Crippen molar-refractivity contribution in [3.05, 3.63) is 11.6 Å². The molecule has 0 spiro atoms. The Hall–Kier alpha value is -2.14. The maximum absolute atomic E-state index is 9.08. The first-order valence-corrected chi connectivity index (χ1v) is 6.36. The van der Waals surface area contributed by atoms with Gasteiger partial charge in [0, 0.05) is 13.1 Å². The number of nitrogens with two attached hydrogens (primary N) is 1. The van der Waals surface area contributed by atoms with Crippen molar-refractivity contribution in [3.8, 4) is 6.07 Å². The lowest BCUT2D eigenvalue weighted by Gasteiger charge is -2.25. The van der Waals surface area contributed by atoms with E-state index in [0.29, 0.717) is 5.88 Å². The first kappa shape index (κ1) is 13.3. The van der Waals surface area contributed by atoms with Gasteiger partial charge < -0.3 is 15.1 Å². The summed E-state index contributed by atoms with van der Waals surface area (Å²) in [5.74, 6) is 0.764. The Morgan fingerprint density at radius 2 is 2.26 bits per heavy atom. The van der Waals surface area contributed by atoms with Crippen LogP contribution in [0.2, 0.25) is 0 Å². The SMILES string of the molecule is N#Cc1nc(C=NNC(N)=S)oc1N1CCCCC1. The smallest absolute Gasteiger partial charge is 0.243 e. The van der Waals surface area contributed by atoms with E-state index in [-0.39, 0.29) is 16.7 Å². The van der Waals surface area contributed by atoms with Crippen LogP contribution in [0.15, 0.2) is 9.52 Å². The number of hydrogen-bond acceptors (Lipinski definition) is 6. The third-order valence-corrected chi connectivity index (χ3v) is 2.82. The predicted octanol–water partition coefficient (Wildman–Crippen LogP) is 0.704. The number of anilines is 1. The van der Waals surface area contributed by atoms with E-state index in [2.05, 4.69) is 27.7 Å². The van der Waals surface area contributed by atoms with Crippen LogP contribution in [0.4, 0.5) is 5.88 Å². The Morgan fingerprint density at radius 1 is 1.53 bits per heavy atom. The quantitative estimate of drug-likeness (QED) is 0.476. The molecule has 2 rings (SSSR count). The minimum Gasteiger partial charge on any atom is -0.418 e. The van der Waals surface area contributed by atoms with Crippen molar-refractivity contribution >= 4 is 29.4 Å². The number of hydrogen-bond donors (Lipinski definition) is 2. The summed E-state index contributed by atoms with van der Waals surface area (Å²) in [7, 11) is 0. The molecular formula is C11H14N6OS. The molecule has 100 valence electrons. The molecule has 3 N–H and O–H groups in total. The fraction of sp³-hybridized carbons (Fsp3) is 0.455. The normalized spacial score (nSPS) is 15.4. The summed E-state index contributed by atoms with van der Waals surface area (Å²) >= 11 is 4.61. The van der Waals surface area contributed by atoms with Crippen LogP contribution in [-0.4, -0.2) is 29.4 Å². The highest BCUT2D eigenvalue weighted by Crippen LogP contribution is 2.24. The molecule has 0 aromatic carbocycles. The van der Waals surface area contributed by atoms with Crippen LogP contribution < -0.4 is 16.1 Å². The second kappa shape index (κ2) is 6.15. The van der Waals surface area contributed by atoms with Gasteiger partial charge in [-0.1, -0.05) is 0 Å². The number of nitrogens with one attached hydrogen (secondary N) is 1. The summed E-state index contributed by atoms with van der Waals surface area (Å²) in [6, 6.07) is 2.03. The molecule has 1 aromatic rings. The molecule has 1 fully saturated rings. The molecule has 0 aliphatic carbocycles. The van der Waals surface area contributed by atoms with Crippen LogP contribution >= 0.6 is 12.2 Å². The van der Waals surface area contributed by atoms with E-state index in [0.717, 1.165) is 25.9 Å². The third kappa shape index (κ3) is 3.42. The molecule has 0 bridgehead atoms. The Kier molecular flexibility index (Phi) is 4.30. The zero-order valence-electron chi connectivity index (χ0n) is 10.3. The van der Waals surface area contributed by atoms with Crippen molar-refractivity contribution in [1.82, 2.24) is 10.4 Å². The fourth-order valence-corrected chi connectivity index (χ4v) is 1.97.